The molecule has 7 nitrogen and oxygen atoms in total. The lowest BCUT2D eigenvalue weighted by Crippen LogP contribution is -2.46. The highest BCUT2D eigenvalue weighted by Crippen LogP contribution is 2.30. The maximum Gasteiger partial charge on any atom is 0.413 e. The number of rotatable bonds is 2. The normalized spacial score (nSPS) is 20.3. The first-order valence-electron chi connectivity index (χ1n) is 6.76. The molecule has 2 rings (SSSR count). The van der Waals surface area contributed by atoms with E-state index < -0.39 is 6.09 Å². The van der Waals surface area contributed by atoms with E-state index >= 15 is 0 Å². The van der Waals surface area contributed by atoms with Gasteiger partial charge in [0.1, 0.15) is 0 Å². The topological polar surface area (TPSA) is 87.6 Å². The standard InChI is InChI=1S/C13H23N5O2/c1-13(2,3)17-6-5-9(8-17)18(12(19)20)11-10(14)7-15-16(11)4/h7,9H,5-6,8,14H2,1-4H3,(H,19,20)/t9-/m0/s1. The Labute approximate surface area is 118 Å². The van der Waals surface area contributed by atoms with E-state index in [2.05, 4.69) is 30.8 Å². The van der Waals surface area contributed by atoms with Crippen molar-refractivity contribution in [1.82, 2.24) is 14.7 Å². The number of hydrogen-bond donors (Lipinski definition) is 2. The molecule has 0 saturated carbocycles. The molecule has 1 aliphatic heterocycles. The highest BCUT2D eigenvalue weighted by Gasteiger charge is 2.37. The molecule has 1 amide bonds. The number of nitrogens with two attached hydrogens (primary N) is 1. The zero-order valence-corrected chi connectivity index (χ0v) is 12.5. The molecule has 1 fully saturated rings. The van der Waals surface area contributed by atoms with Crippen molar-refractivity contribution in [3.8, 4) is 0 Å². The average molecular weight is 281 g/mol. The van der Waals surface area contributed by atoms with Crippen LogP contribution < -0.4 is 10.6 Å². The molecule has 1 saturated heterocycles. The van der Waals surface area contributed by atoms with Crippen LogP contribution in [0.5, 0.6) is 0 Å². The summed E-state index contributed by atoms with van der Waals surface area (Å²) in [4.78, 5) is 15.3. The van der Waals surface area contributed by atoms with Crippen LogP contribution in [0.4, 0.5) is 16.3 Å². The first-order chi connectivity index (χ1) is 9.21. The van der Waals surface area contributed by atoms with Gasteiger partial charge in [-0.15, -0.1) is 0 Å². The van der Waals surface area contributed by atoms with Crippen molar-refractivity contribution in [2.45, 2.75) is 38.8 Å². The summed E-state index contributed by atoms with van der Waals surface area (Å²) in [5.74, 6) is 0.457. The summed E-state index contributed by atoms with van der Waals surface area (Å²) in [5, 5.41) is 13.6. The molecule has 1 atom stereocenters. The third-order valence-electron chi connectivity index (χ3n) is 3.85. The van der Waals surface area contributed by atoms with Gasteiger partial charge in [-0.25, -0.2) is 4.79 Å². The summed E-state index contributed by atoms with van der Waals surface area (Å²) < 4.78 is 1.52. The van der Waals surface area contributed by atoms with Gasteiger partial charge in [0.2, 0.25) is 0 Å². The fraction of sp³-hybridized carbons (Fsp3) is 0.692. The van der Waals surface area contributed by atoms with E-state index in [0.29, 0.717) is 18.1 Å². The van der Waals surface area contributed by atoms with Crippen LogP contribution in [0.3, 0.4) is 0 Å². The highest BCUT2D eigenvalue weighted by molar-refractivity contribution is 5.89. The summed E-state index contributed by atoms with van der Waals surface area (Å²) in [6, 6.07) is -0.0931. The van der Waals surface area contributed by atoms with Crippen molar-refractivity contribution in [3.63, 3.8) is 0 Å². The van der Waals surface area contributed by atoms with Crippen LogP contribution in [0.25, 0.3) is 0 Å². The Morgan fingerprint density at radius 1 is 1.55 bits per heavy atom. The lowest BCUT2D eigenvalue weighted by Gasteiger charge is -2.33. The zero-order chi connectivity index (χ0) is 15.1. The minimum absolute atomic E-state index is 0.0386. The number of aryl methyl sites for hydroxylation is 1. The third-order valence-corrected chi connectivity index (χ3v) is 3.85. The second-order valence-corrected chi connectivity index (χ2v) is 6.26. The predicted molar refractivity (Wildman–Crippen MR) is 77.9 cm³/mol. The molecular formula is C13H23N5O2. The molecule has 0 aliphatic carbocycles. The van der Waals surface area contributed by atoms with Gasteiger partial charge in [-0.2, -0.15) is 5.10 Å². The largest absolute Gasteiger partial charge is 0.465 e. The lowest BCUT2D eigenvalue weighted by molar-refractivity contribution is 0.169. The molecule has 0 bridgehead atoms. The number of anilines is 2. The number of likely N-dealkylation sites (tertiary alicyclic amines) is 1. The molecule has 0 radical (unpaired) electrons. The summed E-state index contributed by atoms with van der Waals surface area (Å²) in [6.45, 7) is 8.01. The Bertz CT molecular complexity index is 486. The van der Waals surface area contributed by atoms with E-state index in [-0.39, 0.29) is 11.6 Å². The summed E-state index contributed by atoms with van der Waals surface area (Å²) in [5.41, 5.74) is 6.30. The van der Waals surface area contributed by atoms with Gasteiger partial charge in [-0.1, -0.05) is 0 Å². The molecule has 3 N–H and O–H groups in total. The van der Waals surface area contributed by atoms with Crippen molar-refractivity contribution in [1.29, 1.82) is 0 Å². The molecule has 0 aromatic carbocycles. The van der Waals surface area contributed by atoms with Crippen LogP contribution in [0.1, 0.15) is 27.2 Å². The minimum Gasteiger partial charge on any atom is -0.465 e. The number of nitrogen functional groups attached to an aromatic ring is 1. The molecule has 7 heteroatoms. The number of nitrogens with zero attached hydrogens (tertiary/aromatic N) is 4. The van der Waals surface area contributed by atoms with Crippen LogP contribution in [-0.4, -0.2) is 50.6 Å². The van der Waals surface area contributed by atoms with Crippen molar-refractivity contribution in [2.75, 3.05) is 23.7 Å². The smallest absolute Gasteiger partial charge is 0.413 e. The van der Waals surface area contributed by atoms with E-state index in [1.165, 1.54) is 15.8 Å². The van der Waals surface area contributed by atoms with Crippen molar-refractivity contribution < 1.29 is 9.90 Å². The molecule has 2 heterocycles. The van der Waals surface area contributed by atoms with E-state index in [4.69, 9.17) is 5.73 Å². The number of carboxylic acid groups (broad SMARTS) is 1. The summed E-state index contributed by atoms with van der Waals surface area (Å²) in [6.07, 6.45) is 1.30. The molecular weight excluding hydrogens is 258 g/mol. The summed E-state index contributed by atoms with van der Waals surface area (Å²) in [7, 11) is 1.71. The van der Waals surface area contributed by atoms with Crippen LogP contribution in [0.2, 0.25) is 0 Å². The van der Waals surface area contributed by atoms with Gasteiger partial charge >= 0.3 is 6.09 Å². The van der Waals surface area contributed by atoms with Crippen molar-refractivity contribution >= 4 is 17.6 Å². The average Bonchev–Trinajstić information content (AvgIpc) is 2.90. The fourth-order valence-corrected chi connectivity index (χ4v) is 2.72. The molecule has 0 unspecified atom stereocenters. The van der Waals surface area contributed by atoms with Gasteiger partial charge < -0.3 is 10.8 Å². The van der Waals surface area contributed by atoms with Gasteiger partial charge in [0.15, 0.2) is 5.82 Å². The van der Waals surface area contributed by atoms with Crippen molar-refractivity contribution in [3.05, 3.63) is 6.20 Å². The van der Waals surface area contributed by atoms with E-state index in [0.717, 1.165) is 13.0 Å². The molecule has 0 spiro atoms. The maximum atomic E-state index is 11.7. The number of amides is 1. The third kappa shape index (κ3) is 2.58. The SMILES string of the molecule is Cn1ncc(N)c1N(C(=O)O)[C@H]1CCN(C(C)(C)C)C1. The van der Waals surface area contributed by atoms with Gasteiger partial charge in [0, 0.05) is 25.7 Å². The molecule has 1 aliphatic rings. The Hall–Kier alpha value is -1.76. The molecule has 112 valence electrons. The quantitative estimate of drug-likeness (QED) is 0.854. The zero-order valence-electron chi connectivity index (χ0n) is 12.5. The monoisotopic (exact) mass is 281 g/mol. The predicted octanol–water partition coefficient (Wildman–Crippen LogP) is 1.36. The lowest BCUT2D eigenvalue weighted by atomic mass is 10.1. The van der Waals surface area contributed by atoms with Gasteiger partial charge in [0.25, 0.3) is 0 Å². The second-order valence-electron chi connectivity index (χ2n) is 6.26. The van der Waals surface area contributed by atoms with Crippen LogP contribution in [0.15, 0.2) is 6.20 Å². The van der Waals surface area contributed by atoms with Gasteiger partial charge in [-0.05, 0) is 27.2 Å². The molecule has 1 aromatic heterocycles. The van der Waals surface area contributed by atoms with Crippen LogP contribution in [0, 0.1) is 0 Å². The van der Waals surface area contributed by atoms with Crippen molar-refractivity contribution in [2.24, 2.45) is 7.05 Å². The fourth-order valence-electron chi connectivity index (χ4n) is 2.72. The second kappa shape index (κ2) is 4.97. The first-order valence-corrected chi connectivity index (χ1v) is 6.76. The summed E-state index contributed by atoms with van der Waals surface area (Å²) >= 11 is 0. The van der Waals surface area contributed by atoms with Gasteiger partial charge in [0.05, 0.1) is 17.9 Å². The number of hydrogen-bond acceptors (Lipinski definition) is 4. The van der Waals surface area contributed by atoms with E-state index in [9.17, 15) is 9.90 Å². The maximum absolute atomic E-state index is 11.7. The van der Waals surface area contributed by atoms with E-state index in [1.807, 2.05) is 0 Å². The Kier molecular flexibility index (Phi) is 3.64. The van der Waals surface area contributed by atoms with E-state index in [1.54, 1.807) is 7.05 Å². The highest BCUT2D eigenvalue weighted by atomic mass is 16.4. The number of carbonyl (C=O) groups is 1. The first kappa shape index (κ1) is 14.6. The van der Waals surface area contributed by atoms with Crippen LogP contribution >= 0.6 is 0 Å². The molecule has 1 aromatic rings. The molecule has 20 heavy (non-hydrogen) atoms. The van der Waals surface area contributed by atoms with Crippen LogP contribution in [-0.2, 0) is 7.05 Å². The Balaban J connectivity index is 2.26. The number of aromatic nitrogens is 2. The Morgan fingerprint density at radius 3 is 2.60 bits per heavy atom. The minimum atomic E-state index is -0.985. The van der Waals surface area contributed by atoms with Gasteiger partial charge in [-0.3, -0.25) is 14.5 Å². The Morgan fingerprint density at radius 2 is 2.20 bits per heavy atom.